The number of ether oxygens (including phenoxy) is 1. The molecule has 3 N–H and O–H groups in total. The highest BCUT2D eigenvalue weighted by molar-refractivity contribution is 6.08. The first-order valence-corrected chi connectivity index (χ1v) is 6.00. The van der Waals surface area contributed by atoms with Gasteiger partial charge in [-0.15, -0.1) is 0 Å². The third kappa shape index (κ3) is 2.92. The lowest BCUT2D eigenvalue weighted by molar-refractivity contribution is 0.102. The predicted molar refractivity (Wildman–Crippen MR) is 76.5 cm³/mol. The largest absolute Gasteiger partial charge is 0.495 e. The number of anilines is 2. The molecule has 5 nitrogen and oxygen atoms in total. The molecule has 1 amide bonds. The second kappa shape index (κ2) is 5.92. The number of para-hydroxylation sites is 1. The quantitative estimate of drug-likeness (QED) is 0.848. The van der Waals surface area contributed by atoms with Crippen molar-refractivity contribution in [3.8, 4) is 11.8 Å². The molecule has 0 aromatic heterocycles. The van der Waals surface area contributed by atoms with Gasteiger partial charge >= 0.3 is 0 Å². The monoisotopic (exact) mass is 285 g/mol. The zero-order valence-electron chi connectivity index (χ0n) is 11.2. The summed E-state index contributed by atoms with van der Waals surface area (Å²) in [4.78, 5) is 12.2. The van der Waals surface area contributed by atoms with Gasteiger partial charge in [-0.25, -0.2) is 4.39 Å². The molecule has 0 fully saturated rings. The lowest BCUT2D eigenvalue weighted by atomic mass is 10.1. The molecule has 2 aromatic carbocycles. The minimum Gasteiger partial charge on any atom is -0.495 e. The first-order chi connectivity index (χ1) is 10.1. The Balaban J connectivity index is 2.29. The van der Waals surface area contributed by atoms with Crippen molar-refractivity contribution >= 4 is 17.3 Å². The Bertz CT molecular complexity index is 738. The fourth-order valence-electron chi connectivity index (χ4n) is 1.81. The molecule has 0 aliphatic heterocycles. The van der Waals surface area contributed by atoms with Crippen molar-refractivity contribution in [2.75, 3.05) is 18.2 Å². The molecule has 2 aromatic rings. The summed E-state index contributed by atoms with van der Waals surface area (Å²) in [6.07, 6.45) is 0. The highest BCUT2D eigenvalue weighted by Gasteiger charge is 2.14. The minimum atomic E-state index is -0.642. The summed E-state index contributed by atoms with van der Waals surface area (Å²) in [6.45, 7) is 0. The number of amides is 1. The van der Waals surface area contributed by atoms with Crippen molar-refractivity contribution in [3.05, 3.63) is 53.3 Å². The van der Waals surface area contributed by atoms with Crippen molar-refractivity contribution in [3.63, 3.8) is 0 Å². The SMILES string of the molecule is COc1cccc(C(=O)Nc2ccc(F)c(C#N)c2)c1N. The van der Waals surface area contributed by atoms with Gasteiger partial charge in [0.1, 0.15) is 17.6 Å². The Morgan fingerprint density at radius 3 is 2.81 bits per heavy atom. The maximum absolute atomic E-state index is 13.2. The smallest absolute Gasteiger partial charge is 0.257 e. The van der Waals surface area contributed by atoms with Crippen LogP contribution in [0.15, 0.2) is 36.4 Å². The van der Waals surface area contributed by atoms with Crippen LogP contribution < -0.4 is 15.8 Å². The lowest BCUT2D eigenvalue weighted by Gasteiger charge is -2.10. The van der Waals surface area contributed by atoms with E-state index in [0.717, 1.165) is 6.07 Å². The summed E-state index contributed by atoms with van der Waals surface area (Å²) in [5, 5.41) is 11.3. The molecule has 106 valence electrons. The number of carbonyl (C=O) groups is 1. The van der Waals surface area contributed by atoms with Crippen LogP contribution in [0.25, 0.3) is 0 Å². The number of nitrogen functional groups attached to an aromatic ring is 1. The van der Waals surface area contributed by atoms with E-state index in [1.54, 1.807) is 24.3 Å². The van der Waals surface area contributed by atoms with Gasteiger partial charge in [-0.05, 0) is 30.3 Å². The van der Waals surface area contributed by atoms with E-state index < -0.39 is 11.7 Å². The molecule has 0 aliphatic carbocycles. The number of nitrogens with one attached hydrogen (secondary N) is 1. The van der Waals surface area contributed by atoms with E-state index in [4.69, 9.17) is 15.7 Å². The maximum atomic E-state index is 13.2. The third-order valence-electron chi connectivity index (χ3n) is 2.88. The van der Waals surface area contributed by atoms with E-state index in [9.17, 15) is 9.18 Å². The molecule has 0 atom stereocenters. The van der Waals surface area contributed by atoms with E-state index >= 15 is 0 Å². The van der Waals surface area contributed by atoms with E-state index in [-0.39, 0.29) is 16.8 Å². The van der Waals surface area contributed by atoms with Crippen LogP contribution >= 0.6 is 0 Å². The van der Waals surface area contributed by atoms with Gasteiger partial charge in [0.2, 0.25) is 0 Å². The Labute approximate surface area is 120 Å². The van der Waals surface area contributed by atoms with Gasteiger partial charge in [-0.2, -0.15) is 5.26 Å². The number of methoxy groups -OCH3 is 1. The van der Waals surface area contributed by atoms with Crippen LogP contribution in [0.3, 0.4) is 0 Å². The number of hydrogen-bond acceptors (Lipinski definition) is 4. The van der Waals surface area contributed by atoms with E-state index in [2.05, 4.69) is 5.32 Å². The summed E-state index contributed by atoms with van der Waals surface area (Å²) >= 11 is 0. The van der Waals surface area contributed by atoms with Crippen molar-refractivity contribution in [2.24, 2.45) is 0 Å². The molecule has 0 aliphatic rings. The maximum Gasteiger partial charge on any atom is 0.257 e. The standard InChI is InChI=1S/C15H12FN3O2/c1-21-13-4-2-3-11(14(13)18)15(20)19-10-5-6-12(16)9(7-10)8-17/h2-7H,18H2,1H3,(H,19,20). The zero-order valence-corrected chi connectivity index (χ0v) is 11.2. The third-order valence-corrected chi connectivity index (χ3v) is 2.88. The number of hydrogen-bond donors (Lipinski definition) is 2. The molecule has 0 radical (unpaired) electrons. The van der Waals surface area contributed by atoms with Gasteiger partial charge in [0.25, 0.3) is 5.91 Å². The second-order valence-corrected chi connectivity index (χ2v) is 4.18. The number of halogens is 1. The van der Waals surface area contributed by atoms with Crippen molar-refractivity contribution in [1.82, 2.24) is 0 Å². The number of rotatable bonds is 3. The summed E-state index contributed by atoms with van der Waals surface area (Å²) in [7, 11) is 1.45. The van der Waals surface area contributed by atoms with E-state index in [0.29, 0.717) is 11.4 Å². The molecule has 0 saturated heterocycles. The number of nitrogens with two attached hydrogens (primary N) is 1. The van der Waals surface area contributed by atoms with E-state index in [1.807, 2.05) is 0 Å². The van der Waals surface area contributed by atoms with Crippen LogP contribution in [0.1, 0.15) is 15.9 Å². The molecule has 0 unspecified atom stereocenters. The highest BCUT2D eigenvalue weighted by Crippen LogP contribution is 2.25. The molecular formula is C15H12FN3O2. The molecule has 0 saturated carbocycles. The van der Waals surface area contributed by atoms with Crippen LogP contribution in [0.4, 0.5) is 15.8 Å². The van der Waals surface area contributed by atoms with Gasteiger partial charge in [-0.1, -0.05) is 6.07 Å². The van der Waals surface area contributed by atoms with Crippen LogP contribution in [0.2, 0.25) is 0 Å². The van der Waals surface area contributed by atoms with E-state index in [1.165, 1.54) is 19.2 Å². The Morgan fingerprint density at radius 2 is 2.14 bits per heavy atom. The van der Waals surface area contributed by atoms with Crippen LogP contribution in [-0.2, 0) is 0 Å². The molecule has 2 rings (SSSR count). The normalized spacial score (nSPS) is 9.76. The minimum absolute atomic E-state index is 0.147. The van der Waals surface area contributed by atoms with Gasteiger partial charge in [0.15, 0.2) is 0 Å². The molecular weight excluding hydrogens is 273 g/mol. The average Bonchev–Trinajstić information content (AvgIpc) is 2.49. The molecule has 0 bridgehead atoms. The summed E-state index contributed by atoms with van der Waals surface area (Å²) in [6, 6.07) is 10.3. The first kappa shape index (κ1) is 14.3. The van der Waals surface area contributed by atoms with Gasteiger partial charge in [0.05, 0.1) is 23.9 Å². The van der Waals surface area contributed by atoms with Gasteiger partial charge in [0, 0.05) is 5.69 Å². The van der Waals surface area contributed by atoms with Crippen LogP contribution in [-0.4, -0.2) is 13.0 Å². The number of nitriles is 1. The summed E-state index contributed by atoms with van der Waals surface area (Å²) in [5.41, 5.74) is 6.43. The molecule has 0 heterocycles. The summed E-state index contributed by atoms with van der Waals surface area (Å²) in [5.74, 6) is -0.724. The number of nitrogens with zero attached hydrogens (tertiary/aromatic N) is 1. The second-order valence-electron chi connectivity index (χ2n) is 4.18. The van der Waals surface area contributed by atoms with Crippen LogP contribution in [0.5, 0.6) is 5.75 Å². The Morgan fingerprint density at radius 1 is 1.38 bits per heavy atom. The van der Waals surface area contributed by atoms with Crippen molar-refractivity contribution in [1.29, 1.82) is 5.26 Å². The Kier molecular flexibility index (Phi) is 4.05. The molecule has 21 heavy (non-hydrogen) atoms. The van der Waals surface area contributed by atoms with Gasteiger partial charge < -0.3 is 15.8 Å². The summed E-state index contributed by atoms with van der Waals surface area (Å²) < 4.78 is 18.3. The zero-order chi connectivity index (χ0) is 15.4. The number of benzene rings is 2. The first-order valence-electron chi connectivity index (χ1n) is 6.00. The van der Waals surface area contributed by atoms with Crippen molar-refractivity contribution < 1.29 is 13.9 Å². The van der Waals surface area contributed by atoms with Crippen molar-refractivity contribution in [2.45, 2.75) is 0 Å². The fraction of sp³-hybridized carbons (Fsp3) is 0.0667. The lowest BCUT2D eigenvalue weighted by Crippen LogP contribution is -2.14. The van der Waals surface area contributed by atoms with Gasteiger partial charge in [-0.3, -0.25) is 4.79 Å². The highest BCUT2D eigenvalue weighted by atomic mass is 19.1. The predicted octanol–water partition coefficient (Wildman–Crippen LogP) is 2.54. The topological polar surface area (TPSA) is 88.1 Å². The van der Waals surface area contributed by atoms with Crippen LogP contribution in [0, 0.1) is 17.1 Å². The molecule has 0 spiro atoms. The fourth-order valence-corrected chi connectivity index (χ4v) is 1.81. The average molecular weight is 285 g/mol. The Hall–Kier alpha value is -3.07. The molecule has 6 heteroatoms. The number of carbonyl (C=O) groups excluding carboxylic acids is 1.